The van der Waals surface area contributed by atoms with Crippen LogP contribution in [0.25, 0.3) is 0 Å². The first-order valence-corrected chi connectivity index (χ1v) is 7.12. The molecule has 1 aliphatic heterocycles. The Balaban J connectivity index is 1.78. The third-order valence-corrected chi connectivity index (χ3v) is 4.22. The molecule has 0 radical (unpaired) electrons. The predicted octanol–water partition coefficient (Wildman–Crippen LogP) is 1.69. The van der Waals surface area contributed by atoms with E-state index in [4.69, 9.17) is 16.3 Å². The molecule has 0 spiro atoms. The van der Waals surface area contributed by atoms with E-state index >= 15 is 0 Å². The summed E-state index contributed by atoms with van der Waals surface area (Å²) >= 11 is 7.53. The Bertz CT molecular complexity index is 403. The number of methoxy groups -OCH3 is 1. The van der Waals surface area contributed by atoms with E-state index in [-0.39, 0.29) is 12.5 Å². The minimum absolute atomic E-state index is 0.0799. The summed E-state index contributed by atoms with van der Waals surface area (Å²) in [4.78, 5) is 17.1. The average molecular weight is 289 g/mol. The van der Waals surface area contributed by atoms with Crippen LogP contribution < -0.4 is 0 Å². The van der Waals surface area contributed by atoms with Crippen LogP contribution in [-0.2, 0) is 16.1 Å². The molecule has 1 aromatic heterocycles. The molecular weight excluding hydrogens is 272 g/mol. The number of hydrogen-bond donors (Lipinski definition) is 0. The first kappa shape index (κ1) is 13.8. The van der Waals surface area contributed by atoms with Crippen LogP contribution in [0.5, 0.6) is 0 Å². The number of halogens is 1. The number of carbonyl (C=O) groups is 1. The van der Waals surface area contributed by atoms with Gasteiger partial charge in [-0.05, 0) is 12.1 Å². The fourth-order valence-electron chi connectivity index (χ4n) is 2.03. The van der Waals surface area contributed by atoms with E-state index < -0.39 is 0 Å². The smallest absolute Gasteiger partial charge is 0.248 e. The maximum Gasteiger partial charge on any atom is 0.248 e. The van der Waals surface area contributed by atoms with Crippen LogP contribution in [0, 0.1) is 0 Å². The molecule has 0 N–H and O–H groups in total. The highest BCUT2D eigenvalue weighted by atomic mass is 35.5. The molecule has 2 heterocycles. The Kier molecular flexibility index (Phi) is 5.00. The summed E-state index contributed by atoms with van der Waals surface area (Å²) in [5.41, 5.74) is 0. The van der Waals surface area contributed by atoms with Gasteiger partial charge in [-0.1, -0.05) is 11.6 Å². The molecular formula is C12H17ClN2O2S. The molecule has 4 nitrogen and oxygen atoms in total. The summed E-state index contributed by atoms with van der Waals surface area (Å²) < 4.78 is 5.70. The number of piperazine rings is 1. The van der Waals surface area contributed by atoms with Gasteiger partial charge in [-0.2, -0.15) is 0 Å². The SMILES string of the molecule is COCC(=O)N1CCN(Cc2ccc(Cl)s2)CC1. The number of amides is 1. The molecule has 100 valence electrons. The average Bonchev–Trinajstić information content (AvgIpc) is 2.76. The molecule has 1 saturated heterocycles. The van der Waals surface area contributed by atoms with Crippen molar-refractivity contribution in [1.82, 2.24) is 9.80 Å². The third-order valence-electron chi connectivity index (χ3n) is 3.00. The number of rotatable bonds is 4. The van der Waals surface area contributed by atoms with Crippen molar-refractivity contribution in [3.8, 4) is 0 Å². The zero-order valence-corrected chi connectivity index (χ0v) is 12.0. The van der Waals surface area contributed by atoms with Crippen molar-refractivity contribution in [2.24, 2.45) is 0 Å². The second-order valence-corrected chi connectivity index (χ2v) is 6.10. The van der Waals surface area contributed by atoms with E-state index in [9.17, 15) is 4.79 Å². The minimum atomic E-state index is 0.0799. The second-order valence-electron chi connectivity index (χ2n) is 4.30. The molecule has 1 aromatic rings. The number of nitrogens with zero attached hydrogens (tertiary/aromatic N) is 2. The Morgan fingerprint density at radius 3 is 2.67 bits per heavy atom. The van der Waals surface area contributed by atoms with Crippen LogP contribution in [0.4, 0.5) is 0 Å². The normalized spacial score (nSPS) is 17.1. The van der Waals surface area contributed by atoms with Crippen molar-refractivity contribution in [3.05, 3.63) is 21.3 Å². The quantitative estimate of drug-likeness (QED) is 0.845. The molecule has 0 bridgehead atoms. The predicted molar refractivity (Wildman–Crippen MR) is 73.1 cm³/mol. The molecule has 6 heteroatoms. The maximum absolute atomic E-state index is 11.6. The molecule has 0 saturated carbocycles. The van der Waals surface area contributed by atoms with Gasteiger partial charge in [-0.15, -0.1) is 11.3 Å². The largest absolute Gasteiger partial charge is 0.375 e. The van der Waals surface area contributed by atoms with E-state index in [0.717, 1.165) is 37.1 Å². The lowest BCUT2D eigenvalue weighted by Gasteiger charge is -2.34. The Hall–Kier alpha value is -0.620. The van der Waals surface area contributed by atoms with Crippen molar-refractivity contribution >= 4 is 28.8 Å². The highest BCUT2D eigenvalue weighted by Gasteiger charge is 2.20. The lowest BCUT2D eigenvalue weighted by atomic mass is 10.3. The van der Waals surface area contributed by atoms with Gasteiger partial charge in [0.1, 0.15) is 6.61 Å². The molecule has 0 aromatic carbocycles. The summed E-state index contributed by atoms with van der Waals surface area (Å²) in [5.74, 6) is 0.0799. The fourth-order valence-corrected chi connectivity index (χ4v) is 3.16. The zero-order chi connectivity index (χ0) is 13.0. The van der Waals surface area contributed by atoms with E-state index in [2.05, 4.69) is 11.0 Å². The lowest BCUT2D eigenvalue weighted by Crippen LogP contribution is -2.49. The highest BCUT2D eigenvalue weighted by Crippen LogP contribution is 2.23. The summed E-state index contributed by atoms with van der Waals surface area (Å²) in [7, 11) is 1.55. The van der Waals surface area contributed by atoms with Gasteiger partial charge in [-0.3, -0.25) is 9.69 Å². The molecule has 1 amide bonds. The Morgan fingerprint density at radius 2 is 2.11 bits per heavy atom. The van der Waals surface area contributed by atoms with Gasteiger partial charge < -0.3 is 9.64 Å². The number of thiophene rings is 1. The van der Waals surface area contributed by atoms with Crippen LogP contribution in [0.15, 0.2) is 12.1 Å². The van der Waals surface area contributed by atoms with Crippen LogP contribution in [0.3, 0.4) is 0 Å². The Morgan fingerprint density at radius 1 is 1.39 bits per heavy atom. The van der Waals surface area contributed by atoms with Crippen LogP contribution >= 0.6 is 22.9 Å². The topological polar surface area (TPSA) is 32.8 Å². The Labute approximate surface area is 116 Å². The molecule has 1 aliphatic rings. The van der Waals surface area contributed by atoms with Crippen LogP contribution in [0.1, 0.15) is 4.88 Å². The van der Waals surface area contributed by atoms with E-state index in [1.807, 2.05) is 11.0 Å². The molecule has 2 rings (SSSR count). The molecule has 0 atom stereocenters. The number of carbonyl (C=O) groups excluding carboxylic acids is 1. The monoisotopic (exact) mass is 288 g/mol. The van der Waals surface area contributed by atoms with Gasteiger partial charge in [0.05, 0.1) is 4.34 Å². The molecule has 18 heavy (non-hydrogen) atoms. The summed E-state index contributed by atoms with van der Waals surface area (Å²) in [6, 6.07) is 4.00. The lowest BCUT2D eigenvalue weighted by molar-refractivity contribution is -0.136. The van der Waals surface area contributed by atoms with Gasteiger partial charge in [0, 0.05) is 44.7 Å². The number of hydrogen-bond acceptors (Lipinski definition) is 4. The van der Waals surface area contributed by atoms with E-state index in [1.54, 1.807) is 18.4 Å². The number of ether oxygens (including phenoxy) is 1. The van der Waals surface area contributed by atoms with Crippen molar-refractivity contribution in [2.75, 3.05) is 39.9 Å². The molecule has 0 unspecified atom stereocenters. The third kappa shape index (κ3) is 3.68. The van der Waals surface area contributed by atoms with Gasteiger partial charge in [0.15, 0.2) is 0 Å². The molecule has 1 fully saturated rings. The standard InChI is InChI=1S/C12H17ClN2O2S/c1-17-9-12(16)15-6-4-14(5-7-15)8-10-2-3-11(13)18-10/h2-3H,4-9H2,1H3. The van der Waals surface area contributed by atoms with Crippen molar-refractivity contribution in [1.29, 1.82) is 0 Å². The van der Waals surface area contributed by atoms with Crippen molar-refractivity contribution in [3.63, 3.8) is 0 Å². The zero-order valence-electron chi connectivity index (χ0n) is 10.4. The van der Waals surface area contributed by atoms with Crippen LogP contribution in [-0.4, -0.2) is 55.6 Å². The van der Waals surface area contributed by atoms with E-state index in [0.29, 0.717) is 0 Å². The van der Waals surface area contributed by atoms with Gasteiger partial charge in [0.25, 0.3) is 0 Å². The first-order valence-electron chi connectivity index (χ1n) is 5.92. The first-order chi connectivity index (χ1) is 8.69. The fraction of sp³-hybridized carbons (Fsp3) is 0.583. The summed E-state index contributed by atoms with van der Waals surface area (Å²) in [6.07, 6.45) is 0. The van der Waals surface area contributed by atoms with Gasteiger partial charge >= 0.3 is 0 Å². The molecule has 0 aliphatic carbocycles. The van der Waals surface area contributed by atoms with Crippen molar-refractivity contribution < 1.29 is 9.53 Å². The minimum Gasteiger partial charge on any atom is -0.375 e. The van der Waals surface area contributed by atoms with Crippen LogP contribution in [0.2, 0.25) is 4.34 Å². The maximum atomic E-state index is 11.6. The second kappa shape index (κ2) is 6.52. The van der Waals surface area contributed by atoms with Gasteiger partial charge in [-0.25, -0.2) is 0 Å². The van der Waals surface area contributed by atoms with Crippen molar-refractivity contribution in [2.45, 2.75) is 6.54 Å². The summed E-state index contributed by atoms with van der Waals surface area (Å²) in [6.45, 7) is 4.47. The highest BCUT2D eigenvalue weighted by molar-refractivity contribution is 7.16. The van der Waals surface area contributed by atoms with Gasteiger partial charge in [0.2, 0.25) is 5.91 Å². The summed E-state index contributed by atoms with van der Waals surface area (Å²) in [5, 5.41) is 0. The van der Waals surface area contributed by atoms with E-state index in [1.165, 1.54) is 4.88 Å².